The Hall–Kier alpha value is -2.52. The fraction of sp³-hybridized carbons (Fsp3) is 0.273. The van der Waals surface area contributed by atoms with E-state index in [9.17, 15) is 5.11 Å². The van der Waals surface area contributed by atoms with Crippen LogP contribution in [0.25, 0.3) is 10.8 Å². The smallest absolute Gasteiger partial charge is 0.138 e. The molecule has 0 amide bonds. The Kier molecular flexibility index (Phi) is 4.33. The van der Waals surface area contributed by atoms with E-state index in [0.717, 1.165) is 38.4 Å². The van der Waals surface area contributed by atoms with Gasteiger partial charge < -0.3 is 10.0 Å². The molecule has 4 rings (SSSR count). The first-order valence-electron chi connectivity index (χ1n) is 8.95. The molecular weight excluding hydrogens is 308 g/mol. The number of para-hydroxylation sites is 2. The van der Waals surface area contributed by atoms with Crippen molar-refractivity contribution in [2.75, 3.05) is 31.1 Å². The highest BCUT2D eigenvalue weighted by Crippen LogP contribution is 2.28. The zero-order valence-electron chi connectivity index (χ0n) is 14.7. The van der Waals surface area contributed by atoms with Gasteiger partial charge in [0.15, 0.2) is 0 Å². The van der Waals surface area contributed by atoms with Gasteiger partial charge >= 0.3 is 0 Å². The van der Waals surface area contributed by atoms with Gasteiger partial charge in [-0.2, -0.15) is 0 Å². The van der Waals surface area contributed by atoms with Gasteiger partial charge in [-0.3, -0.25) is 4.90 Å². The van der Waals surface area contributed by atoms with E-state index in [1.54, 1.807) is 6.07 Å². The Morgan fingerprint density at radius 1 is 0.840 bits per heavy atom. The third-order valence-corrected chi connectivity index (χ3v) is 5.25. The molecule has 25 heavy (non-hydrogen) atoms. The summed E-state index contributed by atoms with van der Waals surface area (Å²) in [6.45, 7) is 7.11. The molecule has 0 atom stereocenters. The number of nitrogens with zero attached hydrogens (tertiary/aromatic N) is 2. The van der Waals surface area contributed by atoms with Gasteiger partial charge in [0.1, 0.15) is 5.75 Å². The molecule has 0 aliphatic carbocycles. The highest BCUT2D eigenvalue weighted by molar-refractivity contribution is 5.86. The van der Waals surface area contributed by atoms with Crippen LogP contribution in [0.2, 0.25) is 0 Å². The second-order valence-electron chi connectivity index (χ2n) is 6.83. The van der Waals surface area contributed by atoms with Crippen LogP contribution in [0.4, 0.5) is 5.69 Å². The minimum atomic E-state index is 0.376. The standard InChI is InChI=1S/C22H24N2O/c1-17-10-11-18-6-2-3-7-19(18)20(17)16-23-12-14-24(15-13-23)21-8-4-5-9-22(21)25/h2-11,25H,12-16H2,1H3. The van der Waals surface area contributed by atoms with Crippen LogP contribution < -0.4 is 4.90 Å². The van der Waals surface area contributed by atoms with E-state index >= 15 is 0 Å². The van der Waals surface area contributed by atoms with Crippen molar-refractivity contribution >= 4 is 16.5 Å². The zero-order valence-corrected chi connectivity index (χ0v) is 14.7. The number of aromatic hydroxyl groups is 1. The van der Waals surface area contributed by atoms with Gasteiger partial charge in [0.05, 0.1) is 5.69 Å². The number of phenols is 1. The molecule has 3 aromatic carbocycles. The predicted molar refractivity (Wildman–Crippen MR) is 104 cm³/mol. The van der Waals surface area contributed by atoms with Crippen LogP contribution in [0.1, 0.15) is 11.1 Å². The van der Waals surface area contributed by atoms with Crippen molar-refractivity contribution in [1.82, 2.24) is 4.90 Å². The average molecular weight is 332 g/mol. The number of piperazine rings is 1. The van der Waals surface area contributed by atoms with Gasteiger partial charge in [-0.15, -0.1) is 0 Å². The summed E-state index contributed by atoms with van der Waals surface area (Å²) in [6, 6.07) is 20.7. The number of fused-ring (bicyclic) bond motifs is 1. The van der Waals surface area contributed by atoms with Crippen LogP contribution in [-0.2, 0) is 6.54 Å². The summed E-state index contributed by atoms with van der Waals surface area (Å²) in [4.78, 5) is 4.80. The number of rotatable bonds is 3. The van der Waals surface area contributed by atoms with Crippen molar-refractivity contribution in [2.24, 2.45) is 0 Å². The lowest BCUT2D eigenvalue weighted by Crippen LogP contribution is -2.46. The van der Waals surface area contributed by atoms with Crippen molar-refractivity contribution in [3.05, 3.63) is 71.8 Å². The molecule has 1 aliphatic rings. The fourth-order valence-corrected chi connectivity index (χ4v) is 3.76. The summed E-state index contributed by atoms with van der Waals surface area (Å²) < 4.78 is 0. The molecule has 3 nitrogen and oxygen atoms in total. The first-order chi connectivity index (χ1) is 12.2. The van der Waals surface area contributed by atoms with Gasteiger partial charge in [-0.05, 0) is 41.0 Å². The molecular formula is C22H24N2O. The van der Waals surface area contributed by atoms with Crippen molar-refractivity contribution in [3.63, 3.8) is 0 Å². The molecule has 0 bridgehead atoms. The summed E-state index contributed by atoms with van der Waals surface area (Å²) in [5.41, 5.74) is 3.75. The summed E-state index contributed by atoms with van der Waals surface area (Å²) in [6.07, 6.45) is 0. The minimum Gasteiger partial charge on any atom is -0.506 e. The Morgan fingerprint density at radius 3 is 2.36 bits per heavy atom. The Morgan fingerprint density at radius 2 is 1.56 bits per heavy atom. The van der Waals surface area contributed by atoms with Crippen molar-refractivity contribution in [2.45, 2.75) is 13.5 Å². The molecule has 1 saturated heterocycles. The third kappa shape index (κ3) is 3.20. The number of hydrogen-bond acceptors (Lipinski definition) is 3. The molecule has 3 heteroatoms. The molecule has 1 aliphatic heterocycles. The Balaban J connectivity index is 1.49. The van der Waals surface area contributed by atoms with E-state index in [1.807, 2.05) is 18.2 Å². The summed E-state index contributed by atoms with van der Waals surface area (Å²) in [7, 11) is 0. The topological polar surface area (TPSA) is 26.7 Å². The van der Waals surface area contributed by atoms with E-state index in [2.05, 4.69) is 53.1 Å². The quantitative estimate of drug-likeness (QED) is 0.779. The van der Waals surface area contributed by atoms with Crippen LogP contribution in [0, 0.1) is 6.92 Å². The number of phenolic OH excluding ortho intramolecular Hbond substituents is 1. The highest BCUT2D eigenvalue weighted by Gasteiger charge is 2.20. The van der Waals surface area contributed by atoms with E-state index in [1.165, 1.54) is 21.9 Å². The monoisotopic (exact) mass is 332 g/mol. The molecule has 0 radical (unpaired) electrons. The summed E-state index contributed by atoms with van der Waals surface area (Å²) >= 11 is 0. The maximum Gasteiger partial charge on any atom is 0.138 e. The number of anilines is 1. The zero-order chi connectivity index (χ0) is 17.2. The van der Waals surface area contributed by atoms with Gasteiger partial charge in [0.2, 0.25) is 0 Å². The fourth-order valence-electron chi connectivity index (χ4n) is 3.76. The number of benzene rings is 3. The SMILES string of the molecule is Cc1ccc2ccccc2c1CN1CCN(c2ccccc2O)CC1. The maximum atomic E-state index is 10.1. The lowest BCUT2D eigenvalue weighted by Gasteiger charge is -2.36. The second-order valence-corrected chi connectivity index (χ2v) is 6.83. The van der Waals surface area contributed by atoms with Crippen molar-refractivity contribution in [1.29, 1.82) is 0 Å². The lowest BCUT2D eigenvalue weighted by atomic mass is 9.99. The molecule has 3 aromatic rings. The van der Waals surface area contributed by atoms with Gasteiger partial charge in [0, 0.05) is 32.7 Å². The lowest BCUT2D eigenvalue weighted by molar-refractivity contribution is 0.249. The molecule has 0 spiro atoms. The largest absolute Gasteiger partial charge is 0.506 e. The molecule has 0 aromatic heterocycles. The maximum absolute atomic E-state index is 10.1. The van der Waals surface area contributed by atoms with Gasteiger partial charge in [-0.25, -0.2) is 0 Å². The van der Waals surface area contributed by atoms with Crippen molar-refractivity contribution in [3.8, 4) is 5.75 Å². The van der Waals surface area contributed by atoms with Gasteiger partial charge in [0.25, 0.3) is 0 Å². The predicted octanol–water partition coefficient (Wildman–Crippen LogP) is 4.18. The highest BCUT2D eigenvalue weighted by atomic mass is 16.3. The van der Waals surface area contributed by atoms with Crippen LogP contribution in [-0.4, -0.2) is 36.2 Å². The Bertz CT molecular complexity index is 882. The Labute approximate surface area is 149 Å². The summed E-state index contributed by atoms with van der Waals surface area (Å²) in [5, 5.41) is 12.7. The van der Waals surface area contributed by atoms with Crippen LogP contribution in [0.15, 0.2) is 60.7 Å². The average Bonchev–Trinajstić information content (AvgIpc) is 2.65. The molecule has 0 saturated carbocycles. The van der Waals surface area contributed by atoms with Crippen LogP contribution >= 0.6 is 0 Å². The normalized spacial score (nSPS) is 15.6. The van der Waals surface area contributed by atoms with E-state index in [4.69, 9.17) is 0 Å². The molecule has 128 valence electrons. The molecule has 0 unspecified atom stereocenters. The number of hydrogen-bond donors (Lipinski definition) is 1. The minimum absolute atomic E-state index is 0.376. The molecule has 1 heterocycles. The second kappa shape index (κ2) is 6.77. The van der Waals surface area contributed by atoms with E-state index in [-0.39, 0.29) is 0 Å². The van der Waals surface area contributed by atoms with Gasteiger partial charge in [-0.1, -0.05) is 48.5 Å². The first-order valence-corrected chi connectivity index (χ1v) is 8.95. The van der Waals surface area contributed by atoms with Crippen LogP contribution in [0.3, 0.4) is 0 Å². The van der Waals surface area contributed by atoms with Crippen molar-refractivity contribution < 1.29 is 5.11 Å². The molecule has 1 fully saturated rings. The van der Waals surface area contributed by atoms with Crippen LogP contribution in [0.5, 0.6) is 5.75 Å². The van der Waals surface area contributed by atoms with E-state index < -0.39 is 0 Å². The van der Waals surface area contributed by atoms with E-state index in [0.29, 0.717) is 5.75 Å². The first kappa shape index (κ1) is 16.0. The summed E-state index contributed by atoms with van der Waals surface area (Å²) in [5.74, 6) is 0.376. The third-order valence-electron chi connectivity index (χ3n) is 5.25. The molecule has 1 N–H and O–H groups in total. The number of aryl methyl sites for hydroxylation is 1.